The first-order valence-electron chi connectivity index (χ1n) is 10.9. The van der Waals surface area contributed by atoms with Crippen molar-refractivity contribution >= 4 is 32.5 Å². The zero-order chi connectivity index (χ0) is 23.8. The van der Waals surface area contributed by atoms with Gasteiger partial charge in [0.15, 0.2) is 0 Å². The Kier molecular flexibility index (Phi) is 5.55. The van der Waals surface area contributed by atoms with Crippen molar-refractivity contribution in [2.75, 3.05) is 17.8 Å². The summed E-state index contributed by atoms with van der Waals surface area (Å²) in [4.78, 5) is 18.7. The molecular weight excluding hydrogens is 450 g/mol. The lowest BCUT2D eigenvalue weighted by molar-refractivity contribution is -0.0799. The number of nitrogens with zero attached hydrogens (tertiary/aromatic N) is 2. The minimum atomic E-state index is -3.87. The van der Waals surface area contributed by atoms with Crippen molar-refractivity contribution in [1.29, 1.82) is 0 Å². The summed E-state index contributed by atoms with van der Waals surface area (Å²) in [6.45, 7) is 0.506. The van der Waals surface area contributed by atoms with Gasteiger partial charge in [-0.3, -0.25) is 14.5 Å². The lowest BCUT2D eigenvalue weighted by Crippen LogP contribution is -2.64. The number of benzene rings is 3. The molecule has 0 unspecified atom stereocenters. The molecule has 1 saturated heterocycles. The van der Waals surface area contributed by atoms with Gasteiger partial charge in [-0.05, 0) is 42.0 Å². The number of anilines is 1. The van der Waals surface area contributed by atoms with Gasteiger partial charge >= 0.3 is 0 Å². The van der Waals surface area contributed by atoms with Crippen LogP contribution in [0.4, 0.5) is 5.69 Å². The molecule has 4 aromatic rings. The summed E-state index contributed by atoms with van der Waals surface area (Å²) in [5.41, 5.74) is 1.25. The normalized spacial score (nSPS) is 15.0. The molecule has 0 radical (unpaired) electrons. The van der Waals surface area contributed by atoms with Crippen LogP contribution < -0.4 is 4.72 Å². The summed E-state index contributed by atoms with van der Waals surface area (Å²) >= 11 is 0. The van der Waals surface area contributed by atoms with Gasteiger partial charge < -0.3 is 10.0 Å². The SMILES string of the molecule is O=C(c1ccc(NS(=O)(=O)c2cccc3cccnc23)cc1)N1CC(O)(Cc2ccccc2)C1. The highest BCUT2D eigenvalue weighted by Crippen LogP contribution is 2.28. The van der Waals surface area contributed by atoms with Crippen LogP contribution in [-0.2, 0) is 16.4 Å². The molecule has 0 spiro atoms. The summed E-state index contributed by atoms with van der Waals surface area (Å²) < 4.78 is 28.5. The maximum atomic E-state index is 13.0. The fraction of sp³-hybridized carbons (Fsp3) is 0.154. The van der Waals surface area contributed by atoms with Gasteiger partial charge in [-0.15, -0.1) is 0 Å². The number of para-hydroxylation sites is 1. The highest BCUT2D eigenvalue weighted by molar-refractivity contribution is 7.93. The van der Waals surface area contributed by atoms with Gasteiger partial charge in [-0.1, -0.05) is 48.5 Å². The smallest absolute Gasteiger partial charge is 0.264 e. The van der Waals surface area contributed by atoms with E-state index in [-0.39, 0.29) is 23.9 Å². The predicted molar refractivity (Wildman–Crippen MR) is 130 cm³/mol. The Labute approximate surface area is 197 Å². The van der Waals surface area contributed by atoms with E-state index < -0.39 is 15.6 Å². The molecule has 1 fully saturated rings. The molecule has 0 bridgehead atoms. The Balaban J connectivity index is 1.26. The summed E-state index contributed by atoms with van der Waals surface area (Å²) in [6.07, 6.45) is 2.04. The molecule has 0 saturated carbocycles. The number of fused-ring (bicyclic) bond motifs is 1. The topological polar surface area (TPSA) is 99.6 Å². The van der Waals surface area contributed by atoms with Crippen LogP contribution in [0, 0.1) is 0 Å². The van der Waals surface area contributed by atoms with Crippen LogP contribution >= 0.6 is 0 Å². The van der Waals surface area contributed by atoms with Crippen molar-refractivity contribution in [1.82, 2.24) is 9.88 Å². The van der Waals surface area contributed by atoms with E-state index in [0.717, 1.165) is 10.9 Å². The minimum Gasteiger partial charge on any atom is -0.386 e. The first kappa shape index (κ1) is 22.1. The van der Waals surface area contributed by atoms with Gasteiger partial charge in [0, 0.05) is 29.3 Å². The van der Waals surface area contributed by atoms with Gasteiger partial charge in [-0.2, -0.15) is 0 Å². The van der Waals surface area contributed by atoms with Crippen molar-refractivity contribution < 1.29 is 18.3 Å². The van der Waals surface area contributed by atoms with Crippen LogP contribution in [0.3, 0.4) is 0 Å². The van der Waals surface area contributed by atoms with Gasteiger partial charge in [0.2, 0.25) is 0 Å². The van der Waals surface area contributed by atoms with E-state index in [0.29, 0.717) is 23.2 Å². The predicted octanol–water partition coefficient (Wildman–Crippen LogP) is 3.47. The number of hydrogen-bond donors (Lipinski definition) is 2. The van der Waals surface area contributed by atoms with E-state index in [9.17, 15) is 18.3 Å². The Morgan fingerprint density at radius 3 is 2.38 bits per heavy atom. The van der Waals surface area contributed by atoms with Gasteiger partial charge in [-0.25, -0.2) is 8.42 Å². The lowest BCUT2D eigenvalue weighted by atomic mass is 9.86. The molecule has 34 heavy (non-hydrogen) atoms. The van der Waals surface area contributed by atoms with Crippen LogP contribution in [-0.4, -0.2) is 48.0 Å². The van der Waals surface area contributed by atoms with Crippen LogP contribution in [0.25, 0.3) is 10.9 Å². The molecule has 1 aromatic heterocycles. The molecule has 1 aliphatic rings. The summed E-state index contributed by atoms with van der Waals surface area (Å²) in [6, 6.07) is 24.5. The first-order chi connectivity index (χ1) is 16.3. The third kappa shape index (κ3) is 4.37. The molecule has 1 aliphatic heterocycles. The summed E-state index contributed by atoms with van der Waals surface area (Å²) in [7, 11) is -3.87. The summed E-state index contributed by atoms with van der Waals surface area (Å²) in [5, 5.41) is 11.4. The zero-order valence-corrected chi connectivity index (χ0v) is 19.1. The second-order valence-electron chi connectivity index (χ2n) is 8.56. The number of hydrogen-bond acceptors (Lipinski definition) is 5. The van der Waals surface area contributed by atoms with Crippen molar-refractivity contribution in [2.45, 2.75) is 16.9 Å². The molecule has 0 atom stereocenters. The number of β-amino-alcohol motifs (C(OH)–C–C–N with tert-alkyl or cyclic N) is 1. The Hall–Kier alpha value is -3.75. The molecule has 8 heteroatoms. The molecule has 1 amide bonds. The standard InChI is InChI=1S/C26H23N3O4S/c30-25(29-17-26(31,18-29)16-19-6-2-1-3-7-19)21-11-13-22(14-12-21)28-34(32,33)23-10-4-8-20-9-5-15-27-24(20)23/h1-15,28,31H,16-18H2. The summed E-state index contributed by atoms with van der Waals surface area (Å²) in [5.74, 6) is -0.203. The molecule has 3 aromatic carbocycles. The van der Waals surface area contributed by atoms with Crippen molar-refractivity contribution in [3.8, 4) is 0 Å². The van der Waals surface area contributed by atoms with E-state index >= 15 is 0 Å². The van der Waals surface area contributed by atoms with E-state index in [1.54, 1.807) is 59.6 Å². The van der Waals surface area contributed by atoms with Crippen LogP contribution in [0.15, 0.2) is 96.0 Å². The highest BCUT2D eigenvalue weighted by atomic mass is 32.2. The second kappa shape index (κ2) is 8.55. The number of nitrogens with one attached hydrogen (secondary N) is 1. The quantitative estimate of drug-likeness (QED) is 0.447. The van der Waals surface area contributed by atoms with Crippen molar-refractivity contribution in [3.05, 3.63) is 102 Å². The number of carbonyl (C=O) groups excluding carboxylic acids is 1. The molecule has 2 heterocycles. The Morgan fingerprint density at radius 2 is 1.65 bits per heavy atom. The number of carbonyl (C=O) groups is 1. The average Bonchev–Trinajstić information content (AvgIpc) is 2.82. The van der Waals surface area contributed by atoms with Gasteiger partial charge in [0.05, 0.1) is 18.6 Å². The van der Waals surface area contributed by atoms with Gasteiger partial charge in [0.1, 0.15) is 10.5 Å². The number of amides is 1. The van der Waals surface area contributed by atoms with Crippen molar-refractivity contribution in [2.24, 2.45) is 0 Å². The molecule has 5 rings (SSSR count). The van der Waals surface area contributed by atoms with Gasteiger partial charge in [0.25, 0.3) is 15.9 Å². The number of sulfonamides is 1. The molecule has 7 nitrogen and oxygen atoms in total. The third-order valence-electron chi connectivity index (χ3n) is 5.90. The maximum absolute atomic E-state index is 13.0. The highest BCUT2D eigenvalue weighted by Gasteiger charge is 2.43. The average molecular weight is 474 g/mol. The largest absolute Gasteiger partial charge is 0.386 e. The fourth-order valence-corrected chi connectivity index (χ4v) is 5.50. The van der Waals surface area contributed by atoms with Crippen molar-refractivity contribution in [3.63, 3.8) is 0 Å². The van der Waals surface area contributed by atoms with Crippen LogP contribution in [0.2, 0.25) is 0 Å². The number of aliphatic hydroxyl groups is 1. The van der Waals surface area contributed by atoms with E-state index in [4.69, 9.17) is 0 Å². The number of pyridine rings is 1. The Bertz CT molecular complexity index is 1440. The number of aromatic nitrogens is 1. The van der Waals surface area contributed by atoms with Crippen LogP contribution in [0.5, 0.6) is 0 Å². The number of rotatable bonds is 6. The molecule has 172 valence electrons. The molecule has 2 N–H and O–H groups in total. The molecule has 0 aliphatic carbocycles. The first-order valence-corrected chi connectivity index (χ1v) is 12.3. The minimum absolute atomic E-state index is 0.0871. The fourth-order valence-electron chi connectivity index (χ4n) is 4.26. The lowest BCUT2D eigenvalue weighted by Gasteiger charge is -2.46. The molecular formula is C26H23N3O4S. The van der Waals surface area contributed by atoms with E-state index in [2.05, 4.69) is 9.71 Å². The second-order valence-corrected chi connectivity index (χ2v) is 10.2. The Morgan fingerprint density at radius 1 is 0.941 bits per heavy atom. The van der Waals surface area contributed by atoms with E-state index in [1.807, 2.05) is 30.3 Å². The van der Waals surface area contributed by atoms with E-state index in [1.165, 1.54) is 6.07 Å². The number of likely N-dealkylation sites (tertiary alicyclic amines) is 1. The van der Waals surface area contributed by atoms with Crippen LogP contribution in [0.1, 0.15) is 15.9 Å². The third-order valence-corrected chi connectivity index (χ3v) is 7.32. The monoisotopic (exact) mass is 473 g/mol. The zero-order valence-electron chi connectivity index (χ0n) is 18.3. The maximum Gasteiger partial charge on any atom is 0.264 e.